The molecule has 1 aliphatic rings. The zero-order valence-electron chi connectivity index (χ0n) is 9.65. The molecule has 0 radical (unpaired) electrons. The molecule has 0 aliphatic carbocycles. The third-order valence-electron chi connectivity index (χ3n) is 3.06. The maximum atomic E-state index is 11.0. The summed E-state index contributed by atoms with van der Waals surface area (Å²) in [6, 6.07) is 0.214. The molecule has 5 heteroatoms. The monoisotopic (exact) mass is 234 g/mol. The molecule has 1 rings (SSSR count). The predicted octanol–water partition coefficient (Wildman–Crippen LogP) is 0.0902. The topological polar surface area (TPSA) is 63.4 Å². The smallest absolute Gasteiger partial charge is 0.148 e. The van der Waals surface area contributed by atoms with Gasteiger partial charge in [0.25, 0.3) is 0 Å². The van der Waals surface area contributed by atoms with E-state index in [2.05, 4.69) is 4.90 Å². The van der Waals surface area contributed by atoms with Crippen LogP contribution >= 0.6 is 0 Å². The molecule has 0 saturated carbocycles. The number of likely N-dealkylation sites (tertiary alicyclic amines) is 1. The van der Waals surface area contributed by atoms with Crippen LogP contribution in [0.4, 0.5) is 0 Å². The van der Waals surface area contributed by atoms with Crippen LogP contribution < -0.4 is 5.73 Å². The lowest BCUT2D eigenvalue weighted by molar-refractivity contribution is 0.169. The van der Waals surface area contributed by atoms with Gasteiger partial charge in [0.05, 0.1) is 5.75 Å². The molecule has 0 aromatic rings. The summed E-state index contributed by atoms with van der Waals surface area (Å²) in [7, 11) is -2.83. The Morgan fingerprint density at radius 2 is 2.20 bits per heavy atom. The Morgan fingerprint density at radius 3 is 2.73 bits per heavy atom. The molecule has 1 heterocycles. The van der Waals surface area contributed by atoms with Gasteiger partial charge in [-0.1, -0.05) is 0 Å². The van der Waals surface area contributed by atoms with E-state index in [4.69, 9.17) is 5.73 Å². The lowest BCUT2D eigenvalue weighted by Crippen LogP contribution is -2.43. The second kappa shape index (κ2) is 5.27. The van der Waals surface area contributed by atoms with E-state index in [1.807, 2.05) is 6.92 Å². The number of piperidine rings is 1. The molecule has 90 valence electrons. The second-order valence-electron chi connectivity index (χ2n) is 4.69. The molecule has 0 bridgehead atoms. The van der Waals surface area contributed by atoms with Crippen LogP contribution in [0, 0.1) is 5.92 Å². The summed E-state index contributed by atoms with van der Waals surface area (Å²) in [6.07, 6.45) is 3.60. The van der Waals surface area contributed by atoms with Gasteiger partial charge >= 0.3 is 0 Å². The second-order valence-corrected chi connectivity index (χ2v) is 6.95. The summed E-state index contributed by atoms with van der Waals surface area (Å²) >= 11 is 0. The zero-order valence-corrected chi connectivity index (χ0v) is 10.5. The lowest BCUT2D eigenvalue weighted by atomic mass is 9.92. The Morgan fingerprint density at radius 1 is 1.53 bits per heavy atom. The van der Waals surface area contributed by atoms with Crippen LogP contribution in [0.15, 0.2) is 0 Å². The fourth-order valence-electron chi connectivity index (χ4n) is 2.02. The van der Waals surface area contributed by atoms with Crippen LogP contribution in [0.25, 0.3) is 0 Å². The van der Waals surface area contributed by atoms with Crippen LogP contribution in [-0.2, 0) is 9.84 Å². The Labute approximate surface area is 92.7 Å². The van der Waals surface area contributed by atoms with Gasteiger partial charge in [-0.2, -0.15) is 0 Å². The summed E-state index contributed by atoms with van der Waals surface area (Å²) in [5.74, 6) is 0.789. The summed E-state index contributed by atoms with van der Waals surface area (Å²) in [6.45, 7) is 4.65. The van der Waals surface area contributed by atoms with Crippen LogP contribution in [0.3, 0.4) is 0 Å². The first-order valence-corrected chi connectivity index (χ1v) is 7.60. The van der Waals surface area contributed by atoms with Crippen LogP contribution in [0.5, 0.6) is 0 Å². The van der Waals surface area contributed by atoms with Crippen molar-refractivity contribution in [3.63, 3.8) is 0 Å². The van der Waals surface area contributed by atoms with E-state index in [1.54, 1.807) is 0 Å². The summed E-state index contributed by atoms with van der Waals surface area (Å²) in [5, 5.41) is 0. The molecule has 4 nitrogen and oxygen atoms in total. The predicted molar refractivity (Wildman–Crippen MR) is 62.5 cm³/mol. The standard InChI is InChI=1S/C10H22N2O2S/c1-9(11)10-4-3-5-12(8-10)6-7-15(2,13)14/h9-10H,3-8,11H2,1-2H3. The van der Waals surface area contributed by atoms with Gasteiger partial charge in [-0.3, -0.25) is 0 Å². The average molecular weight is 234 g/mol. The molecule has 1 fully saturated rings. The molecule has 1 saturated heterocycles. The largest absolute Gasteiger partial charge is 0.328 e. The maximum absolute atomic E-state index is 11.0. The number of hydrogen-bond donors (Lipinski definition) is 1. The number of rotatable bonds is 4. The average Bonchev–Trinajstić information content (AvgIpc) is 2.14. The molecular weight excluding hydrogens is 212 g/mol. The summed E-state index contributed by atoms with van der Waals surface area (Å²) in [4.78, 5) is 2.22. The molecule has 0 spiro atoms. The van der Waals surface area contributed by atoms with E-state index in [-0.39, 0.29) is 11.8 Å². The van der Waals surface area contributed by atoms with Crippen molar-refractivity contribution in [2.45, 2.75) is 25.8 Å². The van der Waals surface area contributed by atoms with Crippen molar-refractivity contribution in [3.05, 3.63) is 0 Å². The molecule has 0 aromatic carbocycles. The zero-order chi connectivity index (χ0) is 11.5. The molecule has 0 aromatic heterocycles. The molecule has 2 unspecified atom stereocenters. The molecular formula is C10H22N2O2S. The third kappa shape index (κ3) is 4.95. The number of nitrogens with two attached hydrogens (primary N) is 1. The van der Waals surface area contributed by atoms with Crippen LogP contribution in [-0.4, -0.2) is 51.0 Å². The quantitative estimate of drug-likeness (QED) is 0.749. The Kier molecular flexibility index (Phi) is 4.55. The summed E-state index contributed by atoms with van der Waals surface area (Å²) in [5.41, 5.74) is 5.87. The van der Waals surface area contributed by atoms with E-state index in [1.165, 1.54) is 12.7 Å². The first-order chi connectivity index (χ1) is 6.88. The Hall–Kier alpha value is -0.130. The molecule has 0 amide bonds. The van der Waals surface area contributed by atoms with E-state index < -0.39 is 9.84 Å². The Balaban J connectivity index is 2.37. The van der Waals surface area contributed by atoms with Gasteiger partial charge < -0.3 is 10.6 Å². The van der Waals surface area contributed by atoms with Gasteiger partial charge in [-0.25, -0.2) is 8.42 Å². The van der Waals surface area contributed by atoms with Gasteiger partial charge in [-0.05, 0) is 32.2 Å². The van der Waals surface area contributed by atoms with Crippen molar-refractivity contribution in [1.82, 2.24) is 4.90 Å². The van der Waals surface area contributed by atoms with Gasteiger partial charge in [-0.15, -0.1) is 0 Å². The van der Waals surface area contributed by atoms with Gasteiger partial charge in [0.2, 0.25) is 0 Å². The first-order valence-electron chi connectivity index (χ1n) is 5.54. The van der Waals surface area contributed by atoms with E-state index in [0.29, 0.717) is 12.5 Å². The third-order valence-corrected chi connectivity index (χ3v) is 3.99. The number of sulfone groups is 1. The van der Waals surface area contributed by atoms with E-state index in [9.17, 15) is 8.42 Å². The molecule has 2 N–H and O–H groups in total. The summed E-state index contributed by atoms with van der Waals surface area (Å²) < 4.78 is 22.1. The van der Waals surface area contributed by atoms with Crippen LogP contribution in [0.2, 0.25) is 0 Å². The van der Waals surface area contributed by atoms with E-state index in [0.717, 1.165) is 19.5 Å². The number of hydrogen-bond acceptors (Lipinski definition) is 4. The molecule has 15 heavy (non-hydrogen) atoms. The minimum Gasteiger partial charge on any atom is -0.328 e. The van der Waals surface area contributed by atoms with Crippen molar-refractivity contribution in [2.24, 2.45) is 11.7 Å². The Bertz CT molecular complexity index is 288. The van der Waals surface area contributed by atoms with Crippen LogP contribution in [0.1, 0.15) is 19.8 Å². The first kappa shape index (κ1) is 12.9. The SMILES string of the molecule is CC(N)C1CCCN(CCS(C)(=O)=O)C1. The number of nitrogens with zero attached hydrogens (tertiary/aromatic N) is 1. The van der Waals surface area contributed by atoms with Crippen molar-refractivity contribution in [1.29, 1.82) is 0 Å². The van der Waals surface area contributed by atoms with Crippen molar-refractivity contribution in [3.8, 4) is 0 Å². The highest BCUT2D eigenvalue weighted by molar-refractivity contribution is 7.90. The highest BCUT2D eigenvalue weighted by Gasteiger charge is 2.22. The van der Waals surface area contributed by atoms with Gasteiger partial charge in [0.1, 0.15) is 9.84 Å². The highest BCUT2D eigenvalue weighted by atomic mass is 32.2. The van der Waals surface area contributed by atoms with Crippen molar-refractivity contribution < 1.29 is 8.42 Å². The highest BCUT2D eigenvalue weighted by Crippen LogP contribution is 2.18. The lowest BCUT2D eigenvalue weighted by Gasteiger charge is -2.34. The molecule has 2 atom stereocenters. The minimum atomic E-state index is -2.83. The van der Waals surface area contributed by atoms with Crippen molar-refractivity contribution in [2.75, 3.05) is 31.6 Å². The van der Waals surface area contributed by atoms with Gasteiger partial charge in [0, 0.05) is 25.4 Å². The fraction of sp³-hybridized carbons (Fsp3) is 1.00. The minimum absolute atomic E-state index is 0.214. The normalized spacial score (nSPS) is 26.5. The van der Waals surface area contributed by atoms with E-state index >= 15 is 0 Å². The fourth-order valence-corrected chi connectivity index (χ4v) is 2.61. The maximum Gasteiger partial charge on any atom is 0.148 e. The van der Waals surface area contributed by atoms with Gasteiger partial charge in [0.15, 0.2) is 0 Å². The van der Waals surface area contributed by atoms with Crippen molar-refractivity contribution >= 4 is 9.84 Å². The molecule has 1 aliphatic heterocycles.